The van der Waals surface area contributed by atoms with E-state index in [-0.39, 0.29) is 13.0 Å². The molecule has 0 fully saturated rings. The van der Waals surface area contributed by atoms with Crippen LogP contribution in [-0.2, 0) is 38.8 Å². The molecule has 3 rings (SSSR count). The van der Waals surface area contributed by atoms with Crippen LogP contribution in [0.5, 0.6) is 0 Å². The van der Waals surface area contributed by atoms with Gasteiger partial charge in [0.1, 0.15) is 18.5 Å². The van der Waals surface area contributed by atoms with E-state index >= 15 is 0 Å². The Kier molecular flexibility index (Phi) is 8.40. The number of ether oxygens (including phenoxy) is 3. The van der Waals surface area contributed by atoms with Crippen LogP contribution >= 0.6 is 0 Å². The van der Waals surface area contributed by atoms with Gasteiger partial charge >= 0.3 is 0 Å². The summed E-state index contributed by atoms with van der Waals surface area (Å²) in [7, 11) is 0. The van der Waals surface area contributed by atoms with Crippen molar-refractivity contribution in [1.82, 2.24) is 0 Å². The molecule has 0 aliphatic rings. The maximum absolute atomic E-state index is 11.5. The fourth-order valence-electron chi connectivity index (χ4n) is 3.04. The van der Waals surface area contributed by atoms with Crippen LogP contribution in [0.1, 0.15) is 27.2 Å². The molecule has 0 amide bonds. The normalized spacial score (nSPS) is 18.2. The molecule has 5 heteroatoms. The summed E-state index contributed by atoms with van der Waals surface area (Å²) in [5, 5.41) is 11.0. The van der Waals surface area contributed by atoms with Crippen LogP contribution in [0.25, 0.3) is 0 Å². The first-order valence-corrected chi connectivity index (χ1v) is 10.5. The van der Waals surface area contributed by atoms with Gasteiger partial charge in [-0.25, -0.2) is 0 Å². The van der Waals surface area contributed by atoms with E-state index in [2.05, 4.69) is 0 Å². The van der Waals surface area contributed by atoms with Crippen molar-refractivity contribution in [3.8, 4) is 0 Å². The van der Waals surface area contributed by atoms with Crippen molar-refractivity contribution >= 4 is 6.29 Å². The SMILES string of the molecule is [2H]C(OC[C@@H](O)[C@@H](OC([2H])c1ccccc1)[C@@H](CC=O)OC([2H])c1ccccc1)c1ccccc1. The monoisotopic (exact) mass is 437 g/mol. The number of aliphatic hydroxyl groups excluding tert-OH is 1. The Bertz CT molecular complexity index is 993. The van der Waals surface area contributed by atoms with E-state index in [4.69, 9.17) is 18.3 Å². The van der Waals surface area contributed by atoms with E-state index in [0.717, 1.165) is 0 Å². The van der Waals surface area contributed by atoms with Gasteiger partial charge < -0.3 is 24.1 Å². The van der Waals surface area contributed by atoms with Crippen molar-refractivity contribution < 1.29 is 28.2 Å². The molecule has 0 aromatic heterocycles. The van der Waals surface area contributed by atoms with Crippen molar-refractivity contribution in [1.29, 1.82) is 0 Å². The second-order valence-electron chi connectivity index (χ2n) is 7.16. The third kappa shape index (κ3) is 8.02. The van der Waals surface area contributed by atoms with Gasteiger partial charge in [0.25, 0.3) is 0 Å². The van der Waals surface area contributed by atoms with Gasteiger partial charge in [-0.2, -0.15) is 0 Å². The zero-order valence-corrected chi connectivity index (χ0v) is 17.7. The number of hydrogen-bond acceptors (Lipinski definition) is 5. The summed E-state index contributed by atoms with van der Waals surface area (Å²) in [6, 6.07) is 26.5. The van der Waals surface area contributed by atoms with Gasteiger partial charge in [0.15, 0.2) is 0 Å². The highest BCUT2D eigenvalue weighted by molar-refractivity contribution is 5.50. The molecular weight excluding hydrogens is 404 g/mol. The predicted octanol–water partition coefficient (Wildman–Crippen LogP) is 4.32. The maximum Gasteiger partial charge on any atom is 0.122 e. The number of carbonyl (C=O) groups is 1. The lowest BCUT2D eigenvalue weighted by Crippen LogP contribution is -2.43. The van der Waals surface area contributed by atoms with Gasteiger partial charge in [-0.05, 0) is 16.7 Å². The highest BCUT2D eigenvalue weighted by Crippen LogP contribution is 2.18. The molecular formula is C27H30O5. The minimum atomic E-state index is -1.32. The molecule has 3 aromatic carbocycles. The molecule has 0 radical (unpaired) electrons. The number of benzene rings is 3. The van der Waals surface area contributed by atoms with E-state index in [0.29, 0.717) is 23.0 Å². The molecule has 3 unspecified atom stereocenters. The number of rotatable bonds is 14. The first-order chi connectivity index (χ1) is 17.0. The Balaban J connectivity index is 1.77. The number of aldehydes is 1. The molecule has 0 saturated heterocycles. The standard InChI is InChI=1S/C27H30O5/c28-17-16-26(31-19-23-12-6-2-7-13-23)27(32-20-24-14-8-3-9-15-24)25(29)21-30-18-22-10-4-1-5-11-22/h1-15,17,25-27,29H,16,18-21H2/t25-,26-,27-/m1/s1/i18D,19D,20D/t18?,19?,20?,25-,26-,27-. The summed E-state index contributed by atoms with van der Waals surface area (Å²) in [4.78, 5) is 11.5. The molecule has 0 bridgehead atoms. The lowest BCUT2D eigenvalue weighted by atomic mass is 10.1. The van der Waals surface area contributed by atoms with Crippen LogP contribution in [-0.4, -0.2) is 36.3 Å². The lowest BCUT2D eigenvalue weighted by Gasteiger charge is -2.30. The summed E-state index contributed by atoms with van der Waals surface area (Å²) in [6.07, 6.45) is -3.04. The lowest BCUT2D eigenvalue weighted by molar-refractivity contribution is -0.151. The molecule has 0 aliphatic heterocycles. The minimum absolute atomic E-state index is 0.158. The second kappa shape index (κ2) is 13.6. The zero-order chi connectivity index (χ0) is 25.0. The highest BCUT2D eigenvalue weighted by Gasteiger charge is 2.30. The molecule has 6 atom stereocenters. The molecule has 0 heterocycles. The summed E-state index contributed by atoms with van der Waals surface area (Å²) in [5.74, 6) is 0. The quantitative estimate of drug-likeness (QED) is 0.381. The number of hydrogen-bond donors (Lipinski definition) is 1. The fourth-order valence-corrected chi connectivity index (χ4v) is 3.04. The van der Waals surface area contributed by atoms with Crippen molar-refractivity contribution in [3.05, 3.63) is 108 Å². The van der Waals surface area contributed by atoms with Gasteiger partial charge in [-0.1, -0.05) is 91.0 Å². The Labute approximate surface area is 193 Å². The summed E-state index contributed by atoms with van der Waals surface area (Å²) >= 11 is 0. The molecule has 0 saturated carbocycles. The predicted molar refractivity (Wildman–Crippen MR) is 123 cm³/mol. The first-order valence-electron chi connectivity index (χ1n) is 12.2. The van der Waals surface area contributed by atoms with Crippen LogP contribution in [0.2, 0.25) is 0 Å². The van der Waals surface area contributed by atoms with E-state index < -0.39 is 38.1 Å². The second-order valence-corrected chi connectivity index (χ2v) is 7.16. The Morgan fingerprint density at radius 2 is 1.22 bits per heavy atom. The van der Waals surface area contributed by atoms with Crippen molar-refractivity contribution in [3.63, 3.8) is 0 Å². The van der Waals surface area contributed by atoms with E-state index in [9.17, 15) is 9.90 Å². The average molecular weight is 438 g/mol. The Morgan fingerprint density at radius 1 is 0.750 bits per heavy atom. The van der Waals surface area contributed by atoms with Crippen LogP contribution in [0, 0.1) is 0 Å². The topological polar surface area (TPSA) is 65.0 Å². The van der Waals surface area contributed by atoms with E-state index in [1.165, 1.54) is 0 Å². The summed E-state index contributed by atoms with van der Waals surface area (Å²) in [6.45, 7) is -3.63. The minimum Gasteiger partial charge on any atom is -0.388 e. The van der Waals surface area contributed by atoms with E-state index in [1.807, 2.05) is 18.2 Å². The molecule has 0 spiro atoms. The first kappa shape index (κ1) is 19.8. The van der Waals surface area contributed by atoms with Gasteiger partial charge in [0.05, 0.1) is 36.6 Å². The maximum atomic E-state index is 11.5. The number of aliphatic hydroxyl groups is 1. The van der Waals surface area contributed by atoms with Crippen LogP contribution in [0.3, 0.4) is 0 Å². The molecule has 3 aromatic rings. The van der Waals surface area contributed by atoms with E-state index in [1.54, 1.807) is 72.8 Å². The van der Waals surface area contributed by atoms with Gasteiger partial charge in [0.2, 0.25) is 0 Å². The molecule has 168 valence electrons. The van der Waals surface area contributed by atoms with Gasteiger partial charge in [-0.3, -0.25) is 0 Å². The summed E-state index contributed by atoms with van der Waals surface area (Å²) < 4.78 is 42.4. The summed E-state index contributed by atoms with van der Waals surface area (Å²) in [5.41, 5.74) is 1.76. The van der Waals surface area contributed by atoms with Gasteiger partial charge in [0, 0.05) is 6.42 Å². The molecule has 5 nitrogen and oxygen atoms in total. The average Bonchev–Trinajstić information content (AvgIpc) is 2.91. The number of carbonyl (C=O) groups excluding carboxylic acids is 1. The smallest absolute Gasteiger partial charge is 0.122 e. The molecule has 32 heavy (non-hydrogen) atoms. The Morgan fingerprint density at radius 3 is 1.72 bits per heavy atom. The third-order valence-corrected chi connectivity index (χ3v) is 4.70. The highest BCUT2D eigenvalue weighted by atomic mass is 16.6. The third-order valence-electron chi connectivity index (χ3n) is 4.70. The molecule has 0 aliphatic carbocycles. The van der Waals surface area contributed by atoms with Crippen LogP contribution < -0.4 is 0 Å². The zero-order valence-electron chi connectivity index (χ0n) is 20.7. The van der Waals surface area contributed by atoms with Crippen molar-refractivity contribution in [2.75, 3.05) is 6.61 Å². The van der Waals surface area contributed by atoms with Crippen LogP contribution in [0.15, 0.2) is 91.0 Å². The largest absolute Gasteiger partial charge is 0.388 e. The molecule has 1 N–H and O–H groups in total. The van der Waals surface area contributed by atoms with Crippen molar-refractivity contribution in [2.45, 2.75) is 44.5 Å². The van der Waals surface area contributed by atoms with Crippen molar-refractivity contribution in [2.24, 2.45) is 0 Å². The van der Waals surface area contributed by atoms with Crippen LogP contribution in [0.4, 0.5) is 0 Å². The fraction of sp³-hybridized carbons (Fsp3) is 0.296. The Hall–Kier alpha value is -2.83. The van der Waals surface area contributed by atoms with Gasteiger partial charge in [-0.15, -0.1) is 0 Å².